The van der Waals surface area contributed by atoms with Crippen molar-refractivity contribution in [1.82, 2.24) is 25.1 Å². The van der Waals surface area contributed by atoms with E-state index in [2.05, 4.69) is 75.0 Å². The van der Waals surface area contributed by atoms with Crippen LogP contribution in [0.25, 0.3) is 0 Å². The minimum Gasteiger partial charge on any atom is -0.382 e. The third-order valence-corrected chi connectivity index (χ3v) is 6.76. The smallest absolute Gasteiger partial charge is 0.256 e. The molecule has 0 spiro atoms. The summed E-state index contributed by atoms with van der Waals surface area (Å²) in [5, 5.41) is 13.0. The number of anilines is 4. The van der Waals surface area contributed by atoms with E-state index in [-0.39, 0.29) is 23.0 Å². The van der Waals surface area contributed by atoms with Crippen molar-refractivity contribution in [2.24, 2.45) is 10.7 Å². The van der Waals surface area contributed by atoms with Crippen molar-refractivity contribution in [1.29, 1.82) is 0 Å². The number of nitrogens with zero attached hydrogens (tertiary/aromatic N) is 6. The Kier molecular flexibility index (Phi) is 8.38. The molecule has 212 valence electrons. The quantitative estimate of drug-likeness (QED) is 0.221. The summed E-state index contributed by atoms with van der Waals surface area (Å²) in [6.45, 7) is 15.3. The number of nitrogens with one attached hydrogen (secondary N) is 3. The molecule has 1 aromatic carbocycles. The molecular formula is C28H39N11O. The van der Waals surface area contributed by atoms with E-state index >= 15 is 0 Å². The number of aryl methyl sites for hydroxylation is 1. The molecule has 2 aromatic heterocycles. The lowest BCUT2D eigenvalue weighted by Gasteiger charge is -2.22. The van der Waals surface area contributed by atoms with Gasteiger partial charge in [-0.15, -0.1) is 0 Å². The molecule has 3 aromatic rings. The van der Waals surface area contributed by atoms with E-state index in [4.69, 9.17) is 16.5 Å². The summed E-state index contributed by atoms with van der Waals surface area (Å²) in [5.74, 6) is 1.01. The van der Waals surface area contributed by atoms with Crippen molar-refractivity contribution in [3.05, 3.63) is 59.6 Å². The molecular weight excluding hydrogens is 506 g/mol. The Morgan fingerprint density at radius 3 is 2.65 bits per heavy atom. The van der Waals surface area contributed by atoms with Crippen molar-refractivity contribution in [3.8, 4) is 0 Å². The van der Waals surface area contributed by atoms with Crippen molar-refractivity contribution >= 4 is 40.7 Å². The maximum atomic E-state index is 13.0. The number of amidine groups is 1. The first-order chi connectivity index (χ1) is 19.0. The summed E-state index contributed by atoms with van der Waals surface area (Å²) in [7, 11) is 2.10. The Morgan fingerprint density at radius 1 is 1.18 bits per heavy atom. The van der Waals surface area contributed by atoms with Crippen LogP contribution in [-0.2, 0) is 5.41 Å². The molecule has 0 unspecified atom stereocenters. The summed E-state index contributed by atoms with van der Waals surface area (Å²) >= 11 is 0. The predicted molar refractivity (Wildman–Crippen MR) is 161 cm³/mol. The first-order valence-corrected chi connectivity index (χ1v) is 13.3. The van der Waals surface area contributed by atoms with Gasteiger partial charge >= 0.3 is 0 Å². The number of benzene rings is 1. The lowest BCUT2D eigenvalue weighted by molar-refractivity contribution is 0.102. The normalized spacial score (nSPS) is 15.0. The zero-order chi connectivity index (χ0) is 29.0. The van der Waals surface area contributed by atoms with Gasteiger partial charge in [-0.1, -0.05) is 33.4 Å². The highest BCUT2D eigenvalue weighted by atomic mass is 16.1. The van der Waals surface area contributed by atoms with Crippen LogP contribution in [0.3, 0.4) is 0 Å². The van der Waals surface area contributed by atoms with Gasteiger partial charge in [0.25, 0.3) is 5.91 Å². The molecule has 7 N–H and O–H groups in total. The number of amides is 1. The van der Waals surface area contributed by atoms with Gasteiger partial charge in [0.15, 0.2) is 17.5 Å². The van der Waals surface area contributed by atoms with Crippen LogP contribution in [0.1, 0.15) is 54.5 Å². The second-order valence-electron chi connectivity index (χ2n) is 11.0. The van der Waals surface area contributed by atoms with E-state index in [1.54, 1.807) is 12.1 Å². The molecule has 40 heavy (non-hydrogen) atoms. The molecule has 1 amide bonds. The van der Waals surface area contributed by atoms with Gasteiger partial charge in [-0.3, -0.25) is 9.89 Å². The number of hydrogen-bond donors (Lipinski definition) is 5. The van der Waals surface area contributed by atoms with E-state index in [0.29, 0.717) is 34.4 Å². The maximum absolute atomic E-state index is 13.0. The summed E-state index contributed by atoms with van der Waals surface area (Å²) in [5.41, 5.74) is 16.2. The fourth-order valence-corrected chi connectivity index (χ4v) is 4.30. The van der Waals surface area contributed by atoms with Gasteiger partial charge in [-0.2, -0.15) is 10.1 Å². The van der Waals surface area contributed by atoms with Gasteiger partial charge in [-0.25, -0.2) is 9.98 Å². The van der Waals surface area contributed by atoms with Gasteiger partial charge in [0.05, 0.1) is 5.69 Å². The van der Waals surface area contributed by atoms with Crippen molar-refractivity contribution in [2.45, 2.75) is 39.5 Å². The SMILES string of the molecule is C=CNc1c(N)nc(N2CCCN(C)CC2)nc1C(N)=Nc1cc(C(=O)Nc2cc(C(C)(C)C)[nH]n2)ccc1C. The van der Waals surface area contributed by atoms with Gasteiger partial charge in [0.1, 0.15) is 11.4 Å². The van der Waals surface area contributed by atoms with Crippen LogP contribution in [0, 0.1) is 6.92 Å². The summed E-state index contributed by atoms with van der Waals surface area (Å²) in [6.07, 6.45) is 2.47. The molecule has 12 nitrogen and oxygen atoms in total. The summed E-state index contributed by atoms with van der Waals surface area (Å²) in [6, 6.07) is 7.07. The fourth-order valence-electron chi connectivity index (χ4n) is 4.30. The average Bonchev–Trinajstić information content (AvgIpc) is 3.27. The highest BCUT2D eigenvalue weighted by Gasteiger charge is 2.21. The first-order valence-electron chi connectivity index (χ1n) is 13.3. The number of hydrogen-bond acceptors (Lipinski definition) is 9. The molecule has 12 heteroatoms. The maximum Gasteiger partial charge on any atom is 0.256 e. The lowest BCUT2D eigenvalue weighted by Crippen LogP contribution is -2.31. The number of H-pyrrole nitrogens is 1. The number of nitrogen functional groups attached to an aromatic ring is 1. The Hall–Kier alpha value is -4.45. The van der Waals surface area contributed by atoms with Crippen molar-refractivity contribution in [3.63, 3.8) is 0 Å². The molecule has 0 saturated carbocycles. The Balaban J connectivity index is 1.65. The van der Waals surface area contributed by atoms with E-state index in [1.165, 1.54) is 6.20 Å². The predicted octanol–water partition coefficient (Wildman–Crippen LogP) is 3.37. The van der Waals surface area contributed by atoms with E-state index in [9.17, 15) is 4.79 Å². The van der Waals surface area contributed by atoms with Crippen LogP contribution in [-0.4, -0.2) is 70.0 Å². The minimum atomic E-state index is -0.310. The van der Waals surface area contributed by atoms with Crippen LogP contribution in [0.5, 0.6) is 0 Å². The molecule has 3 heterocycles. The molecule has 0 bridgehead atoms. The molecule has 4 rings (SSSR count). The van der Waals surface area contributed by atoms with Gasteiger partial charge in [0, 0.05) is 42.4 Å². The van der Waals surface area contributed by atoms with Crippen LogP contribution >= 0.6 is 0 Å². The number of likely N-dealkylation sites (N-methyl/N-ethyl adjacent to an activating group) is 1. The highest BCUT2D eigenvalue weighted by molar-refractivity contribution is 6.06. The molecule has 1 fully saturated rings. The summed E-state index contributed by atoms with van der Waals surface area (Å²) in [4.78, 5) is 31.4. The molecule has 0 aliphatic carbocycles. The molecule has 1 saturated heterocycles. The Bertz CT molecular complexity index is 1420. The minimum absolute atomic E-state index is 0.119. The monoisotopic (exact) mass is 545 g/mol. The number of aromatic amines is 1. The second-order valence-corrected chi connectivity index (χ2v) is 11.0. The zero-order valence-corrected chi connectivity index (χ0v) is 23.9. The van der Waals surface area contributed by atoms with Crippen LogP contribution in [0.4, 0.5) is 29.0 Å². The third kappa shape index (κ3) is 6.57. The molecule has 0 radical (unpaired) electrons. The molecule has 1 aliphatic rings. The number of carbonyl (C=O) groups excluding carboxylic acids is 1. The Morgan fingerprint density at radius 2 is 1.95 bits per heavy atom. The number of carbonyl (C=O) groups is 1. The van der Waals surface area contributed by atoms with E-state index < -0.39 is 0 Å². The van der Waals surface area contributed by atoms with E-state index in [1.807, 2.05) is 19.1 Å². The van der Waals surface area contributed by atoms with Gasteiger partial charge < -0.3 is 31.9 Å². The van der Waals surface area contributed by atoms with Crippen LogP contribution in [0.2, 0.25) is 0 Å². The number of nitrogens with two attached hydrogens (primary N) is 2. The second kappa shape index (κ2) is 11.7. The third-order valence-electron chi connectivity index (χ3n) is 6.76. The first kappa shape index (κ1) is 28.6. The highest BCUT2D eigenvalue weighted by Crippen LogP contribution is 2.27. The van der Waals surface area contributed by atoms with Crippen LogP contribution in [0.15, 0.2) is 42.0 Å². The van der Waals surface area contributed by atoms with Gasteiger partial charge in [0.2, 0.25) is 5.95 Å². The standard InChI is InChI=1S/C28H39N11O/c1-7-31-22-23(34-27(35-24(22)29)39-12-8-11-38(6)13-14-39)25(30)32-19-15-18(10-9-17(19)2)26(40)33-21-16-20(36-37-21)28(3,4)5/h7,9-10,15-16,31H,1,8,11-14H2,2-6H3,(H2,30,32)(H2,29,34,35)(H2,33,36,37,40). The summed E-state index contributed by atoms with van der Waals surface area (Å²) < 4.78 is 0. The molecule has 0 atom stereocenters. The van der Waals surface area contributed by atoms with Gasteiger partial charge in [-0.05, 0) is 50.8 Å². The lowest BCUT2D eigenvalue weighted by atomic mass is 9.92. The number of aromatic nitrogens is 4. The van der Waals surface area contributed by atoms with Crippen molar-refractivity contribution in [2.75, 3.05) is 54.5 Å². The van der Waals surface area contributed by atoms with Crippen molar-refractivity contribution < 1.29 is 4.79 Å². The van der Waals surface area contributed by atoms with Crippen LogP contribution < -0.4 is 27.0 Å². The topological polar surface area (TPSA) is 166 Å². The number of rotatable bonds is 7. The zero-order valence-electron chi connectivity index (χ0n) is 23.9. The van der Waals surface area contributed by atoms with E-state index in [0.717, 1.165) is 43.9 Å². The largest absolute Gasteiger partial charge is 0.382 e. The number of aliphatic imine (C=N–C) groups is 1. The fraction of sp³-hybridized carbons (Fsp3) is 0.393. The Labute approximate surface area is 235 Å². The average molecular weight is 546 g/mol. The molecule has 1 aliphatic heterocycles.